The van der Waals surface area contributed by atoms with Gasteiger partial charge >= 0.3 is 5.76 Å². The Balaban J connectivity index is 2.31. The van der Waals surface area contributed by atoms with Gasteiger partial charge in [0.1, 0.15) is 0 Å². The number of nitrogens with zero attached hydrogens (tertiary/aromatic N) is 1. The minimum atomic E-state index is -0.492. The molecule has 0 aliphatic carbocycles. The smallest absolute Gasteiger partial charge is 0.408 e. The highest BCUT2D eigenvalue weighted by atomic mass is 16.4. The van der Waals surface area contributed by atoms with Gasteiger partial charge in [-0.3, -0.25) is 4.98 Å². The summed E-state index contributed by atoms with van der Waals surface area (Å²) < 4.78 is 4.93. The lowest BCUT2D eigenvalue weighted by atomic mass is 10.2. The van der Waals surface area contributed by atoms with E-state index < -0.39 is 5.76 Å². The number of fused-ring (bicyclic) bond motifs is 1. The van der Waals surface area contributed by atoms with Gasteiger partial charge in [-0.25, -0.2) is 4.79 Å². The molecule has 0 aliphatic heterocycles. The Morgan fingerprint density at radius 3 is 2.94 bits per heavy atom. The predicted octanol–water partition coefficient (Wildman–Crippen LogP) is 0.910. The fraction of sp³-hybridized carbons (Fsp3) is 0.417. The van der Waals surface area contributed by atoms with Crippen LogP contribution in [0, 0.1) is 0 Å². The van der Waals surface area contributed by atoms with Gasteiger partial charge < -0.3 is 20.2 Å². The summed E-state index contributed by atoms with van der Waals surface area (Å²) >= 11 is 0. The number of nitrogens with one attached hydrogen (secondary N) is 1. The van der Waals surface area contributed by atoms with Crippen molar-refractivity contribution >= 4 is 22.5 Å². The molecule has 2 aromatic rings. The van der Waals surface area contributed by atoms with Gasteiger partial charge in [0, 0.05) is 19.7 Å². The van der Waals surface area contributed by atoms with Crippen LogP contribution in [-0.2, 0) is 0 Å². The third kappa shape index (κ3) is 2.48. The maximum atomic E-state index is 11.1. The van der Waals surface area contributed by atoms with Crippen LogP contribution in [0.25, 0.3) is 11.1 Å². The van der Waals surface area contributed by atoms with E-state index in [4.69, 9.17) is 10.2 Å². The number of anilines is 2. The number of rotatable bonds is 4. The monoisotopic (exact) mass is 251 g/mol. The molecule has 6 nitrogen and oxygen atoms in total. The largest absolute Gasteiger partial charge is 0.417 e. The number of aromatic amines is 1. The summed E-state index contributed by atoms with van der Waals surface area (Å²) in [6.45, 7) is 2.42. The minimum Gasteiger partial charge on any atom is -0.408 e. The van der Waals surface area contributed by atoms with Crippen molar-refractivity contribution in [2.45, 2.75) is 19.4 Å². The Kier molecular flexibility index (Phi) is 3.29. The third-order valence-corrected chi connectivity index (χ3v) is 2.86. The zero-order valence-corrected chi connectivity index (χ0v) is 10.4. The summed E-state index contributed by atoms with van der Waals surface area (Å²) in [5, 5.41) is 9.27. The summed E-state index contributed by atoms with van der Waals surface area (Å²) in [4.78, 5) is 15.6. The van der Waals surface area contributed by atoms with Gasteiger partial charge in [0.05, 0.1) is 23.0 Å². The molecule has 1 unspecified atom stereocenters. The predicted molar refractivity (Wildman–Crippen MR) is 70.8 cm³/mol. The van der Waals surface area contributed by atoms with Crippen LogP contribution in [0.3, 0.4) is 0 Å². The Hall–Kier alpha value is -1.95. The van der Waals surface area contributed by atoms with Crippen molar-refractivity contribution in [3.8, 4) is 0 Å². The van der Waals surface area contributed by atoms with Crippen LogP contribution in [-0.4, -0.2) is 29.8 Å². The molecule has 98 valence electrons. The first-order valence-electron chi connectivity index (χ1n) is 5.79. The minimum absolute atomic E-state index is 0.355. The molecule has 0 spiro atoms. The SMILES string of the molecule is CC(O)CCN(C)c1cc2[nH]c(=O)oc2cc1N. The number of aliphatic hydroxyl groups is 1. The van der Waals surface area contributed by atoms with Gasteiger partial charge in [-0.15, -0.1) is 0 Å². The van der Waals surface area contributed by atoms with E-state index in [9.17, 15) is 9.90 Å². The lowest BCUT2D eigenvalue weighted by Crippen LogP contribution is -2.22. The summed E-state index contributed by atoms with van der Waals surface area (Å²) in [5.74, 6) is -0.492. The van der Waals surface area contributed by atoms with Crippen molar-refractivity contribution in [1.82, 2.24) is 4.98 Å². The van der Waals surface area contributed by atoms with E-state index in [0.29, 0.717) is 29.8 Å². The number of benzene rings is 1. The molecular weight excluding hydrogens is 234 g/mol. The highest BCUT2D eigenvalue weighted by Gasteiger charge is 2.10. The molecule has 0 amide bonds. The van der Waals surface area contributed by atoms with E-state index in [0.717, 1.165) is 5.69 Å². The average Bonchev–Trinajstić information content (AvgIpc) is 2.64. The van der Waals surface area contributed by atoms with E-state index >= 15 is 0 Å². The van der Waals surface area contributed by atoms with Crippen molar-refractivity contribution in [3.05, 3.63) is 22.7 Å². The highest BCUT2D eigenvalue weighted by Crippen LogP contribution is 2.27. The summed E-state index contributed by atoms with van der Waals surface area (Å²) in [6.07, 6.45) is 0.293. The molecule has 0 saturated heterocycles. The molecule has 1 atom stereocenters. The van der Waals surface area contributed by atoms with E-state index in [1.165, 1.54) is 0 Å². The van der Waals surface area contributed by atoms with Crippen molar-refractivity contribution in [3.63, 3.8) is 0 Å². The number of H-pyrrole nitrogens is 1. The molecule has 0 saturated carbocycles. The molecule has 18 heavy (non-hydrogen) atoms. The van der Waals surface area contributed by atoms with E-state index in [2.05, 4.69) is 4.98 Å². The number of nitrogen functional groups attached to an aromatic ring is 1. The highest BCUT2D eigenvalue weighted by molar-refractivity contribution is 5.85. The number of nitrogens with two attached hydrogens (primary N) is 1. The lowest BCUT2D eigenvalue weighted by molar-refractivity contribution is 0.187. The second-order valence-electron chi connectivity index (χ2n) is 4.48. The van der Waals surface area contributed by atoms with Gasteiger partial charge in [-0.1, -0.05) is 0 Å². The molecule has 0 radical (unpaired) electrons. The second-order valence-corrected chi connectivity index (χ2v) is 4.48. The van der Waals surface area contributed by atoms with Crippen molar-refractivity contribution in [2.75, 3.05) is 24.2 Å². The van der Waals surface area contributed by atoms with E-state index in [-0.39, 0.29) is 6.10 Å². The number of aliphatic hydroxyl groups excluding tert-OH is 1. The molecule has 0 fully saturated rings. The molecule has 1 aromatic carbocycles. The Labute approximate surface area is 104 Å². The van der Waals surface area contributed by atoms with Gasteiger partial charge in [-0.2, -0.15) is 0 Å². The van der Waals surface area contributed by atoms with Crippen LogP contribution in [0.15, 0.2) is 21.3 Å². The number of hydrogen-bond acceptors (Lipinski definition) is 5. The zero-order chi connectivity index (χ0) is 13.3. The molecule has 0 aliphatic rings. The Morgan fingerprint density at radius 2 is 2.28 bits per heavy atom. The molecule has 1 aromatic heterocycles. The van der Waals surface area contributed by atoms with Gasteiger partial charge in [0.15, 0.2) is 5.58 Å². The molecular formula is C12H17N3O3. The topological polar surface area (TPSA) is 95.5 Å². The van der Waals surface area contributed by atoms with Crippen molar-refractivity contribution in [1.29, 1.82) is 0 Å². The van der Waals surface area contributed by atoms with E-state index in [1.54, 1.807) is 19.1 Å². The van der Waals surface area contributed by atoms with Gasteiger partial charge in [0.2, 0.25) is 0 Å². The fourth-order valence-electron chi connectivity index (χ4n) is 1.83. The molecule has 6 heteroatoms. The summed E-state index contributed by atoms with van der Waals surface area (Å²) in [5.41, 5.74) is 8.34. The van der Waals surface area contributed by atoms with Gasteiger partial charge in [0.25, 0.3) is 0 Å². The molecule has 4 N–H and O–H groups in total. The normalized spacial score (nSPS) is 12.8. The first-order chi connectivity index (χ1) is 8.47. The Morgan fingerprint density at radius 1 is 1.56 bits per heavy atom. The van der Waals surface area contributed by atoms with Crippen LogP contribution in [0.5, 0.6) is 0 Å². The van der Waals surface area contributed by atoms with E-state index in [1.807, 2.05) is 11.9 Å². The second kappa shape index (κ2) is 4.73. The molecule has 0 bridgehead atoms. The number of aromatic nitrogens is 1. The fourth-order valence-corrected chi connectivity index (χ4v) is 1.83. The zero-order valence-electron chi connectivity index (χ0n) is 10.4. The molecule has 2 rings (SSSR count). The first-order valence-corrected chi connectivity index (χ1v) is 5.79. The molecule has 1 heterocycles. The van der Waals surface area contributed by atoms with Crippen molar-refractivity contribution in [2.24, 2.45) is 0 Å². The maximum absolute atomic E-state index is 11.1. The maximum Gasteiger partial charge on any atom is 0.417 e. The standard InChI is InChI=1S/C12H17N3O3/c1-7(16)3-4-15(2)10-6-9-11(5-8(10)13)18-12(17)14-9/h5-7,16H,3-4,13H2,1-2H3,(H,14,17). The average molecular weight is 251 g/mol. The summed E-state index contributed by atoms with van der Waals surface area (Å²) in [6, 6.07) is 3.40. The first kappa shape index (κ1) is 12.5. The van der Waals surface area contributed by atoms with Crippen molar-refractivity contribution < 1.29 is 9.52 Å². The quantitative estimate of drug-likeness (QED) is 0.702. The van der Waals surface area contributed by atoms with Crippen LogP contribution >= 0.6 is 0 Å². The van der Waals surface area contributed by atoms with Gasteiger partial charge in [-0.05, 0) is 19.4 Å². The van der Waals surface area contributed by atoms with Crippen LogP contribution in [0.1, 0.15) is 13.3 Å². The lowest BCUT2D eigenvalue weighted by Gasteiger charge is -2.21. The summed E-state index contributed by atoms with van der Waals surface area (Å²) in [7, 11) is 1.89. The van der Waals surface area contributed by atoms with Crippen LogP contribution in [0.4, 0.5) is 11.4 Å². The number of hydrogen-bond donors (Lipinski definition) is 3. The van der Waals surface area contributed by atoms with Crippen LogP contribution < -0.4 is 16.4 Å². The number of oxazole rings is 1. The van der Waals surface area contributed by atoms with Crippen LogP contribution in [0.2, 0.25) is 0 Å². The third-order valence-electron chi connectivity index (χ3n) is 2.86. The Bertz CT molecular complexity index is 600.